The van der Waals surface area contributed by atoms with E-state index in [1.54, 1.807) is 36.4 Å². The average Bonchev–Trinajstić information content (AvgIpc) is 2.94. The fraction of sp³-hybridized carbons (Fsp3) is 0.0625. The van der Waals surface area contributed by atoms with Gasteiger partial charge in [-0.25, -0.2) is 4.79 Å². The zero-order valence-corrected chi connectivity index (χ0v) is 10.8. The lowest BCUT2D eigenvalue weighted by Crippen LogP contribution is -2.02. The first-order chi connectivity index (χ1) is 10.2. The van der Waals surface area contributed by atoms with E-state index in [1.807, 2.05) is 0 Å². The molecule has 0 amide bonds. The second kappa shape index (κ2) is 4.28. The van der Waals surface area contributed by atoms with E-state index in [0.717, 1.165) is 0 Å². The summed E-state index contributed by atoms with van der Waals surface area (Å²) in [6, 6.07) is 11.6. The minimum absolute atomic E-state index is 0.119. The van der Waals surface area contributed by atoms with E-state index < -0.39 is 5.63 Å². The molecular formula is C16H10O5. The molecule has 0 aliphatic carbocycles. The molecule has 3 aromatic rings. The quantitative estimate of drug-likeness (QED) is 0.695. The highest BCUT2D eigenvalue weighted by Gasteiger charge is 2.16. The van der Waals surface area contributed by atoms with E-state index in [2.05, 4.69) is 0 Å². The number of hydrogen-bond donors (Lipinski definition) is 1. The predicted octanol–water partition coefficient (Wildman–Crippen LogP) is 2.89. The monoisotopic (exact) mass is 282 g/mol. The molecule has 0 saturated carbocycles. The van der Waals surface area contributed by atoms with Gasteiger partial charge in [0.1, 0.15) is 11.3 Å². The third-order valence-corrected chi connectivity index (χ3v) is 3.40. The summed E-state index contributed by atoms with van der Waals surface area (Å²) < 4.78 is 15.8. The normalized spacial score (nSPS) is 12.8. The molecule has 1 aromatic heterocycles. The van der Waals surface area contributed by atoms with Gasteiger partial charge in [0.15, 0.2) is 11.5 Å². The van der Waals surface area contributed by atoms with E-state index >= 15 is 0 Å². The molecule has 5 heteroatoms. The van der Waals surface area contributed by atoms with Crippen molar-refractivity contribution in [3.8, 4) is 28.4 Å². The van der Waals surface area contributed by atoms with Gasteiger partial charge < -0.3 is 19.0 Å². The van der Waals surface area contributed by atoms with Crippen LogP contribution in [0.3, 0.4) is 0 Å². The summed E-state index contributed by atoms with van der Waals surface area (Å²) in [6.07, 6.45) is 0. The Balaban J connectivity index is 1.93. The SMILES string of the molecule is O=c1oc2ccc(O)cc2cc1-c1ccc2c(c1)OCO2. The molecule has 0 unspecified atom stereocenters. The highest BCUT2D eigenvalue weighted by atomic mass is 16.7. The molecule has 1 aliphatic rings. The molecule has 1 N–H and O–H groups in total. The first-order valence-corrected chi connectivity index (χ1v) is 6.37. The van der Waals surface area contributed by atoms with Gasteiger partial charge in [0.2, 0.25) is 6.79 Å². The van der Waals surface area contributed by atoms with Gasteiger partial charge in [0.05, 0.1) is 5.56 Å². The number of phenolic OH excluding ortho intramolecular Hbond substituents is 1. The predicted molar refractivity (Wildman–Crippen MR) is 75.7 cm³/mol. The van der Waals surface area contributed by atoms with Crippen LogP contribution in [0.15, 0.2) is 51.7 Å². The van der Waals surface area contributed by atoms with Gasteiger partial charge >= 0.3 is 5.63 Å². The van der Waals surface area contributed by atoms with Crippen LogP contribution in [0.5, 0.6) is 17.2 Å². The number of benzene rings is 2. The topological polar surface area (TPSA) is 68.9 Å². The van der Waals surface area contributed by atoms with E-state index in [9.17, 15) is 9.90 Å². The minimum Gasteiger partial charge on any atom is -0.508 e. The number of ether oxygens (including phenoxy) is 2. The lowest BCUT2D eigenvalue weighted by molar-refractivity contribution is 0.174. The van der Waals surface area contributed by atoms with Gasteiger partial charge in [0, 0.05) is 5.39 Å². The Bertz CT molecular complexity index is 910. The second-order valence-corrected chi connectivity index (χ2v) is 4.74. The third-order valence-electron chi connectivity index (χ3n) is 3.40. The molecule has 0 atom stereocenters. The lowest BCUT2D eigenvalue weighted by Gasteiger charge is -2.04. The summed E-state index contributed by atoms with van der Waals surface area (Å²) in [5.41, 5.74) is 1.08. The van der Waals surface area contributed by atoms with Crippen molar-refractivity contribution in [2.45, 2.75) is 0 Å². The van der Waals surface area contributed by atoms with Crippen LogP contribution in [0.1, 0.15) is 0 Å². The molecule has 2 aromatic carbocycles. The van der Waals surface area contributed by atoms with Crippen LogP contribution in [0.25, 0.3) is 22.1 Å². The fourth-order valence-corrected chi connectivity index (χ4v) is 2.38. The summed E-state index contributed by atoms with van der Waals surface area (Å²) in [7, 11) is 0. The molecule has 1 aliphatic heterocycles. The molecule has 5 nitrogen and oxygen atoms in total. The smallest absolute Gasteiger partial charge is 0.344 e. The molecule has 0 fully saturated rings. The van der Waals surface area contributed by atoms with Crippen molar-refractivity contribution in [2.75, 3.05) is 6.79 Å². The number of phenols is 1. The fourth-order valence-electron chi connectivity index (χ4n) is 2.38. The molecule has 2 heterocycles. The summed E-state index contributed by atoms with van der Waals surface area (Å²) in [4.78, 5) is 12.1. The van der Waals surface area contributed by atoms with E-state index in [-0.39, 0.29) is 12.5 Å². The van der Waals surface area contributed by atoms with Crippen LogP contribution in [-0.2, 0) is 0 Å². The van der Waals surface area contributed by atoms with E-state index in [4.69, 9.17) is 13.9 Å². The van der Waals surface area contributed by atoms with Gasteiger partial charge in [-0.05, 0) is 42.0 Å². The Morgan fingerprint density at radius 1 is 0.952 bits per heavy atom. The van der Waals surface area contributed by atoms with Crippen LogP contribution in [0, 0.1) is 0 Å². The van der Waals surface area contributed by atoms with Gasteiger partial charge in [-0.1, -0.05) is 6.07 Å². The van der Waals surface area contributed by atoms with Crippen LogP contribution >= 0.6 is 0 Å². The van der Waals surface area contributed by atoms with Crippen LogP contribution < -0.4 is 15.1 Å². The Kier molecular flexibility index (Phi) is 2.41. The molecule has 104 valence electrons. The van der Waals surface area contributed by atoms with Crippen molar-refractivity contribution in [2.24, 2.45) is 0 Å². The van der Waals surface area contributed by atoms with Crippen LogP contribution in [0.4, 0.5) is 0 Å². The Labute approximate surface area is 119 Å². The molecule has 0 spiro atoms. The summed E-state index contributed by atoms with van der Waals surface area (Å²) in [5.74, 6) is 1.37. The number of aromatic hydroxyl groups is 1. The largest absolute Gasteiger partial charge is 0.508 e. The maximum atomic E-state index is 12.1. The summed E-state index contributed by atoms with van der Waals surface area (Å²) in [6.45, 7) is 0.180. The molecule has 0 bridgehead atoms. The highest BCUT2D eigenvalue weighted by Crippen LogP contribution is 2.35. The molecule has 0 radical (unpaired) electrons. The Hall–Kier alpha value is -2.95. The van der Waals surface area contributed by atoms with Crippen LogP contribution in [-0.4, -0.2) is 11.9 Å². The third kappa shape index (κ3) is 1.90. The van der Waals surface area contributed by atoms with Crippen molar-refractivity contribution in [3.05, 3.63) is 52.9 Å². The Morgan fingerprint density at radius 3 is 2.71 bits per heavy atom. The van der Waals surface area contributed by atoms with E-state index in [0.29, 0.717) is 33.6 Å². The lowest BCUT2D eigenvalue weighted by atomic mass is 10.1. The first kappa shape index (κ1) is 11.8. The van der Waals surface area contributed by atoms with Crippen molar-refractivity contribution < 1.29 is 19.0 Å². The summed E-state index contributed by atoms with van der Waals surface area (Å²) >= 11 is 0. The second-order valence-electron chi connectivity index (χ2n) is 4.74. The molecular weight excluding hydrogens is 272 g/mol. The number of fused-ring (bicyclic) bond motifs is 2. The van der Waals surface area contributed by atoms with Gasteiger partial charge in [0.25, 0.3) is 0 Å². The Morgan fingerprint density at radius 2 is 1.81 bits per heavy atom. The number of rotatable bonds is 1. The average molecular weight is 282 g/mol. The van der Waals surface area contributed by atoms with Crippen LogP contribution in [0.2, 0.25) is 0 Å². The minimum atomic E-state index is -0.438. The van der Waals surface area contributed by atoms with Crippen molar-refractivity contribution in [1.29, 1.82) is 0 Å². The van der Waals surface area contributed by atoms with Crippen molar-refractivity contribution in [1.82, 2.24) is 0 Å². The molecule has 21 heavy (non-hydrogen) atoms. The zero-order chi connectivity index (χ0) is 14.4. The number of hydrogen-bond acceptors (Lipinski definition) is 5. The molecule has 4 rings (SSSR count). The standard InChI is InChI=1S/C16H10O5/c17-11-2-4-13-10(5-11)6-12(16(18)21-13)9-1-3-14-15(7-9)20-8-19-14/h1-7,17H,8H2. The summed E-state index contributed by atoms with van der Waals surface area (Å²) in [5, 5.41) is 10.2. The maximum absolute atomic E-state index is 12.1. The maximum Gasteiger partial charge on any atom is 0.344 e. The van der Waals surface area contributed by atoms with Gasteiger partial charge in [-0.2, -0.15) is 0 Å². The molecule has 0 saturated heterocycles. The zero-order valence-electron chi connectivity index (χ0n) is 10.8. The van der Waals surface area contributed by atoms with Gasteiger partial charge in [-0.15, -0.1) is 0 Å². The van der Waals surface area contributed by atoms with Crippen molar-refractivity contribution >= 4 is 11.0 Å². The van der Waals surface area contributed by atoms with Gasteiger partial charge in [-0.3, -0.25) is 0 Å². The van der Waals surface area contributed by atoms with E-state index in [1.165, 1.54) is 6.07 Å². The first-order valence-electron chi connectivity index (χ1n) is 6.37. The highest BCUT2D eigenvalue weighted by molar-refractivity contribution is 5.83. The van der Waals surface area contributed by atoms with Crippen molar-refractivity contribution in [3.63, 3.8) is 0 Å².